The van der Waals surface area contributed by atoms with E-state index in [2.05, 4.69) is 10.2 Å². The van der Waals surface area contributed by atoms with E-state index in [0.29, 0.717) is 23.2 Å². The van der Waals surface area contributed by atoms with Gasteiger partial charge in [0.05, 0.1) is 11.6 Å². The fourth-order valence-electron chi connectivity index (χ4n) is 5.26. The summed E-state index contributed by atoms with van der Waals surface area (Å²) < 4.78 is 38.6. The Balaban J connectivity index is 1.27. The van der Waals surface area contributed by atoms with Crippen LogP contribution >= 0.6 is 0 Å². The first-order valence-electron chi connectivity index (χ1n) is 13.4. The maximum atomic E-state index is 13.0. The molecule has 41 heavy (non-hydrogen) atoms. The van der Waals surface area contributed by atoms with Crippen molar-refractivity contribution in [1.82, 2.24) is 5.32 Å². The largest absolute Gasteiger partial charge is 0.416 e. The Bertz CT molecular complexity index is 1560. The molecule has 0 fully saturated rings. The van der Waals surface area contributed by atoms with Crippen LogP contribution in [0.4, 0.5) is 18.9 Å². The van der Waals surface area contributed by atoms with Gasteiger partial charge in [0.1, 0.15) is 0 Å². The Morgan fingerprint density at radius 2 is 1.66 bits per heavy atom. The zero-order valence-electron chi connectivity index (χ0n) is 22.5. The van der Waals surface area contributed by atoms with Crippen molar-refractivity contribution in [3.05, 3.63) is 124 Å². The first-order chi connectivity index (χ1) is 19.6. The number of halogens is 3. The number of primary amides is 1. The molecule has 5 rings (SSSR count). The molecular formula is C33H30F3N3O2. The van der Waals surface area contributed by atoms with E-state index in [1.54, 1.807) is 25.1 Å². The van der Waals surface area contributed by atoms with E-state index in [9.17, 15) is 22.8 Å². The molecule has 4 aromatic carbocycles. The van der Waals surface area contributed by atoms with E-state index in [-0.39, 0.29) is 5.91 Å². The van der Waals surface area contributed by atoms with Crippen LogP contribution in [0, 0.1) is 0 Å². The third kappa shape index (κ3) is 6.27. The number of amides is 2. The fraction of sp³-hybridized carbons (Fsp3) is 0.212. The molecule has 0 aromatic heterocycles. The highest BCUT2D eigenvalue weighted by atomic mass is 19.4. The second-order valence-corrected chi connectivity index (χ2v) is 10.3. The van der Waals surface area contributed by atoms with Crippen LogP contribution in [0.2, 0.25) is 0 Å². The lowest BCUT2D eigenvalue weighted by Crippen LogP contribution is -2.30. The van der Waals surface area contributed by atoms with Crippen molar-refractivity contribution < 1.29 is 22.8 Å². The standard InChI is InChI=1S/C33H30F3N3O2/c1-21(23-12-15-27(16-13-23)33(34,35)36)38-32(41)26-14-17-30-25(19-26)5-4-18-39(30)20-22-8-10-24(11-9-22)28-6-2-3-7-29(28)31(37)40/h2-3,6-17,19,21H,4-5,18,20H2,1H3,(H2,37,40)(H,38,41)/t21-/m0/s1. The van der Waals surface area contributed by atoms with Gasteiger partial charge in [0.2, 0.25) is 5.91 Å². The molecule has 210 valence electrons. The van der Waals surface area contributed by atoms with Gasteiger partial charge in [-0.05, 0) is 84.0 Å². The summed E-state index contributed by atoms with van der Waals surface area (Å²) in [7, 11) is 0. The monoisotopic (exact) mass is 557 g/mol. The van der Waals surface area contributed by atoms with Crippen LogP contribution in [0.5, 0.6) is 0 Å². The fourth-order valence-corrected chi connectivity index (χ4v) is 5.26. The second-order valence-electron chi connectivity index (χ2n) is 10.3. The van der Waals surface area contributed by atoms with Crippen molar-refractivity contribution in [3.63, 3.8) is 0 Å². The van der Waals surface area contributed by atoms with Crippen molar-refractivity contribution in [2.45, 2.75) is 38.5 Å². The molecule has 1 heterocycles. The van der Waals surface area contributed by atoms with Crippen LogP contribution in [0.1, 0.15) is 62.4 Å². The minimum absolute atomic E-state index is 0.274. The molecule has 5 nitrogen and oxygen atoms in total. The number of hydrogen-bond donors (Lipinski definition) is 2. The van der Waals surface area contributed by atoms with Crippen LogP contribution in [0.3, 0.4) is 0 Å². The van der Waals surface area contributed by atoms with Gasteiger partial charge in [-0.3, -0.25) is 9.59 Å². The predicted molar refractivity (Wildman–Crippen MR) is 154 cm³/mol. The molecule has 2 amide bonds. The van der Waals surface area contributed by atoms with Gasteiger partial charge in [-0.2, -0.15) is 13.2 Å². The first-order valence-corrected chi connectivity index (χ1v) is 13.4. The molecule has 0 spiro atoms. The molecule has 1 aliphatic rings. The predicted octanol–water partition coefficient (Wildman–Crippen LogP) is 6.92. The molecule has 3 N–H and O–H groups in total. The molecule has 4 aromatic rings. The van der Waals surface area contributed by atoms with E-state index in [4.69, 9.17) is 5.73 Å². The van der Waals surface area contributed by atoms with E-state index in [1.807, 2.05) is 48.5 Å². The van der Waals surface area contributed by atoms with Gasteiger partial charge in [-0.15, -0.1) is 0 Å². The Hall–Kier alpha value is -4.59. The number of anilines is 1. The third-order valence-corrected chi connectivity index (χ3v) is 7.47. The number of rotatable bonds is 7. The summed E-state index contributed by atoms with van der Waals surface area (Å²) in [6.07, 6.45) is -2.60. The summed E-state index contributed by atoms with van der Waals surface area (Å²) in [6, 6.07) is 25.4. The van der Waals surface area contributed by atoms with Gasteiger partial charge >= 0.3 is 6.18 Å². The molecule has 0 bridgehead atoms. The van der Waals surface area contributed by atoms with Gasteiger partial charge in [0.25, 0.3) is 5.91 Å². The number of aryl methyl sites for hydroxylation is 1. The average molecular weight is 558 g/mol. The lowest BCUT2D eigenvalue weighted by molar-refractivity contribution is -0.137. The summed E-state index contributed by atoms with van der Waals surface area (Å²) >= 11 is 0. The Morgan fingerprint density at radius 3 is 2.34 bits per heavy atom. The summed E-state index contributed by atoms with van der Waals surface area (Å²) in [5, 5.41) is 2.90. The molecule has 1 aliphatic heterocycles. The highest BCUT2D eigenvalue weighted by molar-refractivity contribution is 5.99. The summed E-state index contributed by atoms with van der Waals surface area (Å²) in [5.74, 6) is -0.735. The number of nitrogens with two attached hydrogens (primary N) is 1. The molecule has 0 radical (unpaired) electrons. The smallest absolute Gasteiger partial charge is 0.367 e. The molecule has 0 aliphatic carbocycles. The van der Waals surface area contributed by atoms with E-state index < -0.39 is 23.7 Å². The summed E-state index contributed by atoms with van der Waals surface area (Å²) in [4.78, 5) is 27.1. The van der Waals surface area contributed by atoms with Crippen molar-refractivity contribution >= 4 is 17.5 Å². The Kier molecular flexibility index (Phi) is 7.83. The van der Waals surface area contributed by atoms with Crippen molar-refractivity contribution in [1.29, 1.82) is 0 Å². The van der Waals surface area contributed by atoms with Gasteiger partial charge in [0.15, 0.2) is 0 Å². The van der Waals surface area contributed by atoms with Gasteiger partial charge < -0.3 is 16.0 Å². The third-order valence-electron chi connectivity index (χ3n) is 7.47. The van der Waals surface area contributed by atoms with Crippen LogP contribution < -0.4 is 16.0 Å². The minimum Gasteiger partial charge on any atom is -0.367 e. The number of nitrogens with zero attached hydrogens (tertiary/aromatic N) is 1. The summed E-state index contributed by atoms with van der Waals surface area (Å²) in [5.41, 5.74) is 11.4. The zero-order valence-corrected chi connectivity index (χ0v) is 22.5. The Labute approximate surface area is 236 Å². The number of hydrogen-bond acceptors (Lipinski definition) is 3. The van der Waals surface area contributed by atoms with Crippen LogP contribution in [0.25, 0.3) is 11.1 Å². The number of alkyl halides is 3. The minimum atomic E-state index is -4.40. The number of carbonyl (C=O) groups is 2. The average Bonchev–Trinajstić information content (AvgIpc) is 2.97. The maximum Gasteiger partial charge on any atom is 0.416 e. The van der Waals surface area contributed by atoms with Crippen LogP contribution in [0.15, 0.2) is 91.0 Å². The highest BCUT2D eigenvalue weighted by Gasteiger charge is 2.30. The van der Waals surface area contributed by atoms with Gasteiger partial charge in [0, 0.05) is 29.9 Å². The van der Waals surface area contributed by atoms with Crippen LogP contribution in [-0.2, 0) is 19.1 Å². The lowest BCUT2D eigenvalue weighted by atomic mass is 9.96. The lowest BCUT2D eigenvalue weighted by Gasteiger charge is -2.32. The highest BCUT2D eigenvalue weighted by Crippen LogP contribution is 2.32. The van der Waals surface area contributed by atoms with Gasteiger partial charge in [-0.25, -0.2) is 0 Å². The zero-order chi connectivity index (χ0) is 29.1. The summed E-state index contributed by atoms with van der Waals surface area (Å²) in [6.45, 7) is 3.33. The second kappa shape index (κ2) is 11.5. The number of carbonyl (C=O) groups excluding carboxylic acids is 2. The van der Waals surface area contributed by atoms with E-state index in [1.165, 1.54) is 12.1 Å². The van der Waals surface area contributed by atoms with Crippen molar-refractivity contribution in [3.8, 4) is 11.1 Å². The molecule has 0 saturated carbocycles. The van der Waals surface area contributed by atoms with E-state index in [0.717, 1.165) is 59.5 Å². The first kappa shape index (κ1) is 28.0. The van der Waals surface area contributed by atoms with E-state index >= 15 is 0 Å². The topological polar surface area (TPSA) is 75.4 Å². The van der Waals surface area contributed by atoms with Crippen molar-refractivity contribution in [2.24, 2.45) is 5.73 Å². The molecular weight excluding hydrogens is 527 g/mol. The molecule has 0 saturated heterocycles. The molecule has 8 heteroatoms. The number of benzene rings is 4. The molecule has 0 unspecified atom stereocenters. The Morgan fingerprint density at radius 1 is 0.951 bits per heavy atom. The number of nitrogens with one attached hydrogen (secondary N) is 1. The van der Waals surface area contributed by atoms with Crippen LogP contribution in [-0.4, -0.2) is 18.4 Å². The quantitative estimate of drug-likeness (QED) is 0.259. The number of fused-ring (bicyclic) bond motifs is 1. The maximum absolute atomic E-state index is 13.0. The molecule has 1 atom stereocenters. The normalized spacial score (nSPS) is 13.8. The SMILES string of the molecule is C[C@H](NC(=O)c1ccc2c(c1)CCCN2Cc1ccc(-c2ccccc2C(N)=O)cc1)c1ccc(C(F)(F)F)cc1. The van der Waals surface area contributed by atoms with Gasteiger partial charge in [-0.1, -0.05) is 54.6 Å². The van der Waals surface area contributed by atoms with Crippen molar-refractivity contribution in [2.75, 3.05) is 11.4 Å².